The van der Waals surface area contributed by atoms with Crippen molar-refractivity contribution in [3.63, 3.8) is 0 Å². The first-order chi connectivity index (χ1) is 15.3. The number of hydrogen-bond donors (Lipinski definition) is 3. The topological polar surface area (TPSA) is 92.2 Å². The Hall–Kier alpha value is -2.31. The first kappa shape index (κ1) is 24.3. The maximum absolute atomic E-state index is 14.7. The Balaban J connectivity index is 1.92. The lowest BCUT2D eigenvalue weighted by Gasteiger charge is -2.28. The number of pyridine rings is 1. The molecule has 0 saturated carbocycles. The smallest absolute Gasteiger partial charge is 0.228 e. The third kappa shape index (κ3) is 6.14. The van der Waals surface area contributed by atoms with E-state index >= 15 is 0 Å². The third-order valence-corrected chi connectivity index (χ3v) is 5.40. The van der Waals surface area contributed by atoms with Crippen molar-refractivity contribution in [3.05, 3.63) is 45.7 Å². The number of aliphatic hydroxyl groups is 1. The highest BCUT2D eigenvalue weighted by Crippen LogP contribution is 2.25. The number of ether oxygens (including phenoxy) is 1. The van der Waals surface area contributed by atoms with Crippen molar-refractivity contribution >= 4 is 17.5 Å². The van der Waals surface area contributed by atoms with E-state index < -0.39 is 12.1 Å². The summed E-state index contributed by atoms with van der Waals surface area (Å²) in [4.78, 5) is 12.5. The molecule has 0 radical (unpaired) electrons. The van der Waals surface area contributed by atoms with Crippen LogP contribution in [0.2, 0.25) is 5.02 Å². The van der Waals surface area contributed by atoms with Crippen molar-refractivity contribution in [1.82, 2.24) is 20.3 Å². The highest BCUT2D eigenvalue weighted by molar-refractivity contribution is 6.31. The van der Waals surface area contributed by atoms with E-state index in [1.54, 1.807) is 6.20 Å². The number of aliphatic hydroxyl groups excluding tert-OH is 1. The fraction of sp³-hybridized carbons (Fsp3) is 0.522. The van der Waals surface area contributed by atoms with Gasteiger partial charge in [0.15, 0.2) is 0 Å². The van der Waals surface area contributed by atoms with Crippen molar-refractivity contribution in [3.8, 4) is 11.8 Å². The van der Waals surface area contributed by atoms with E-state index in [2.05, 4.69) is 51.3 Å². The molecule has 0 bridgehead atoms. The van der Waals surface area contributed by atoms with Crippen molar-refractivity contribution < 1.29 is 14.2 Å². The molecule has 3 rings (SSSR count). The molecular formula is C23H29ClFN5O2. The quantitative estimate of drug-likeness (QED) is 0.449. The molecule has 1 aliphatic rings. The molecule has 172 valence electrons. The molecule has 2 atom stereocenters. The van der Waals surface area contributed by atoms with Crippen LogP contribution in [0.4, 0.5) is 10.3 Å². The van der Waals surface area contributed by atoms with Gasteiger partial charge in [-0.25, -0.2) is 15.0 Å². The molecule has 1 aliphatic heterocycles. The maximum Gasteiger partial charge on any atom is 0.228 e. The van der Waals surface area contributed by atoms with Crippen LogP contribution in [0.5, 0.6) is 0 Å². The second kappa shape index (κ2) is 11.0. The zero-order valence-corrected chi connectivity index (χ0v) is 19.5. The van der Waals surface area contributed by atoms with Crippen LogP contribution in [0, 0.1) is 17.8 Å². The summed E-state index contributed by atoms with van der Waals surface area (Å²) in [5.41, 5.74) is 2.23. The van der Waals surface area contributed by atoms with Crippen molar-refractivity contribution in [2.45, 2.75) is 64.8 Å². The van der Waals surface area contributed by atoms with E-state index in [0.717, 1.165) is 11.1 Å². The van der Waals surface area contributed by atoms with Gasteiger partial charge in [-0.15, -0.1) is 0 Å². The average Bonchev–Trinajstić information content (AvgIpc) is 2.75. The second-order valence-corrected chi connectivity index (χ2v) is 8.78. The van der Waals surface area contributed by atoms with Crippen LogP contribution >= 0.6 is 11.6 Å². The van der Waals surface area contributed by atoms with Crippen LogP contribution in [0.15, 0.2) is 12.4 Å². The predicted molar refractivity (Wildman–Crippen MR) is 122 cm³/mol. The molecule has 0 spiro atoms. The van der Waals surface area contributed by atoms with Crippen molar-refractivity contribution in [2.75, 3.05) is 18.5 Å². The fourth-order valence-electron chi connectivity index (χ4n) is 3.48. The summed E-state index contributed by atoms with van der Waals surface area (Å²) in [7, 11) is 0. The Kier molecular flexibility index (Phi) is 8.38. The third-order valence-electron chi connectivity index (χ3n) is 5.12. The van der Waals surface area contributed by atoms with Gasteiger partial charge in [0.25, 0.3) is 0 Å². The van der Waals surface area contributed by atoms with Gasteiger partial charge in [0.05, 0.1) is 35.5 Å². The van der Waals surface area contributed by atoms with Gasteiger partial charge in [0.1, 0.15) is 5.69 Å². The van der Waals surface area contributed by atoms with Crippen LogP contribution in [-0.2, 0) is 11.3 Å². The first-order valence-electron chi connectivity index (χ1n) is 10.7. The van der Waals surface area contributed by atoms with E-state index in [-0.39, 0.29) is 40.9 Å². The van der Waals surface area contributed by atoms with E-state index in [4.69, 9.17) is 16.3 Å². The van der Waals surface area contributed by atoms with Crippen LogP contribution in [-0.4, -0.2) is 51.5 Å². The summed E-state index contributed by atoms with van der Waals surface area (Å²) in [6.07, 6.45) is 2.96. The van der Waals surface area contributed by atoms with Crippen molar-refractivity contribution in [1.29, 1.82) is 0 Å². The Morgan fingerprint density at radius 3 is 2.72 bits per heavy atom. The van der Waals surface area contributed by atoms with Crippen LogP contribution in [0.1, 0.15) is 62.4 Å². The number of hydrogen-bond acceptors (Lipinski definition) is 7. The van der Waals surface area contributed by atoms with E-state index in [9.17, 15) is 9.50 Å². The number of anilines is 1. The lowest BCUT2D eigenvalue weighted by molar-refractivity contribution is -0.0136. The first-order valence-corrected chi connectivity index (χ1v) is 11.1. The maximum atomic E-state index is 14.7. The SMILES string of the molecule is CC(C)NCc1cnc(F)c(C#Cc2nc(N[C@@H]3CCOC[C@H]3O)ncc2Cl)c1C(C)C. The highest BCUT2D eigenvalue weighted by atomic mass is 35.5. The molecule has 7 nitrogen and oxygen atoms in total. The Morgan fingerprint density at radius 1 is 1.25 bits per heavy atom. The van der Waals surface area contributed by atoms with Gasteiger partial charge in [0, 0.05) is 25.4 Å². The summed E-state index contributed by atoms with van der Waals surface area (Å²) >= 11 is 6.25. The summed E-state index contributed by atoms with van der Waals surface area (Å²) in [6, 6.07) is 0.0552. The molecule has 2 aromatic rings. The van der Waals surface area contributed by atoms with Gasteiger partial charge < -0.3 is 20.5 Å². The standard InChI is InChI=1S/C23H29ClFN5O2/c1-13(2)21-15(9-26-14(3)4)10-27-22(25)16(21)5-6-18-17(24)11-28-23(29-18)30-19-7-8-32-12-20(19)31/h10-11,13-14,19-20,26,31H,7-9,12H2,1-4H3,(H,28,29,30)/t19-,20-/m1/s1. The monoisotopic (exact) mass is 461 g/mol. The molecular weight excluding hydrogens is 433 g/mol. The largest absolute Gasteiger partial charge is 0.389 e. The van der Waals surface area contributed by atoms with Gasteiger partial charge >= 0.3 is 0 Å². The minimum Gasteiger partial charge on any atom is -0.389 e. The normalized spacial score (nSPS) is 18.5. The van der Waals surface area contributed by atoms with Crippen LogP contribution < -0.4 is 10.6 Å². The summed E-state index contributed by atoms with van der Waals surface area (Å²) in [6.45, 7) is 9.47. The Morgan fingerprint density at radius 2 is 2.03 bits per heavy atom. The predicted octanol–water partition coefficient (Wildman–Crippen LogP) is 3.25. The molecule has 0 unspecified atom stereocenters. The number of rotatable bonds is 6. The fourth-order valence-corrected chi connectivity index (χ4v) is 3.62. The lowest BCUT2D eigenvalue weighted by Crippen LogP contribution is -2.42. The number of aromatic nitrogens is 3. The number of nitrogens with zero attached hydrogens (tertiary/aromatic N) is 3. The molecule has 32 heavy (non-hydrogen) atoms. The summed E-state index contributed by atoms with van der Waals surface area (Å²) in [5, 5.41) is 16.8. The summed E-state index contributed by atoms with van der Waals surface area (Å²) < 4.78 is 19.9. The lowest BCUT2D eigenvalue weighted by atomic mass is 9.93. The van der Waals surface area contributed by atoms with Crippen LogP contribution in [0.25, 0.3) is 0 Å². The van der Waals surface area contributed by atoms with Gasteiger partial charge in [0.2, 0.25) is 11.9 Å². The zero-order chi connectivity index (χ0) is 23.3. The van der Waals surface area contributed by atoms with Gasteiger partial charge in [-0.1, -0.05) is 45.2 Å². The minimum absolute atomic E-state index is 0.0499. The van der Waals surface area contributed by atoms with E-state index in [1.807, 2.05) is 13.8 Å². The molecule has 0 aromatic carbocycles. The molecule has 3 heterocycles. The highest BCUT2D eigenvalue weighted by Gasteiger charge is 2.24. The molecule has 0 aliphatic carbocycles. The molecule has 9 heteroatoms. The second-order valence-electron chi connectivity index (χ2n) is 8.38. The number of nitrogens with one attached hydrogen (secondary N) is 2. The molecule has 2 aromatic heterocycles. The molecule has 3 N–H and O–H groups in total. The van der Waals surface area contributed by atoms with Gasteiger partial charge in [-0.3, -0.25) is 0 Å². The average molecular weight is 462 g/mol. The van der Waals surface area contributed by atoms with Gasteiger partial charge in [-0.2, -0.15) is 4.39 Å². The molecule has 1 saturated heterocycles. The Labute approximate surface area is 193 Å². The zero-order valence-electron chi connectivity index (χ0n) is 18.7. The van der Waals surface area contributed by atoms with Crippen molar-refractivity contribution in [2.24, 2.45) is 0 Å². The van der Waals surface area contributed by atoms with Crippen LogP contribution in [0.3, 0.4) is 0 Å². The molecule has 1 fully saturated rings. The molecule has 0 amide bonds. The summed E-state index contributed by atoms with van der Waals surface area (Å²) in [5.74, 6) is 5.51. The van der Waals surface area contributed by atoms with E-state index in [0.29, 0.717) is 25.5 Å². The van der Waals surface area contributed by atoms with E-state index in [1.165, 1.54) is 6.20 Å². The Bertz CT molecular complexity index is 1010. The number of halogens is 2. The minimum atomic E-state index is -0.659. The van der Waals surface area contributed by atoms with Gasteiger partial charge in [-0.05, 0) is 29.4 Å².